The zero-order valence-corrected chi connectivity index (χ0v) is 10.9. The van der Waals surface area contributed by atoms with Gasteiger partial charge in [0.2, 0.25) is 0 Å². The van der Waals surface area contributed by atoms with Crippen LogP contribution in [0.3, 0.4) is 0 Å². The first-order valence-electron chi connectivity index (χ1n) is 6.47. The summed E-state index contributed by atoms with van der Waals surface area (Å²) >= 11 is 0. The van der Waals surface area contributed by atoms with Crippen molar-refractivity contribution in [3.8, 4) is 0 Å². The molecule has 0 saturated carbocycles. The average Bonchev–Trinajstić information content (AvgIpc) is 2.23. The maximum Gasteiger partial charge on any atom is 0.125 e. The Labute approximate surface area is 99.5 Å². The summed E-state index contributed by atoms with van der Waals surface area (Å²) in [6.07, 6.45) is 9.65. The molecule has 2 heteroatoms. The van der Waals surface area contributed by atoms with Gasteiger partial charge in [-0.2, -0.15) is 0 Å². The van der Waals surface area contributed by atoms with Gasteiger partial charge in [0.05, 0.1) is 0 Å². The van der Waals surface area contributed by atoms with E-state index in [1.54, 1.807) is 0 Å². The molecular formula is C14H24N2. The molecular weight excluding hydrogens is 196 g/mol. The molecule has 0 N–H and O–H groups in total. The molecule has 1 aromatic heterocycles. The lowest BCUT2D eigenvalue weighted by Gasteiger charge is -2.04. The molecule has 0 fully saturated rings. The van der Waals surface area contributed by atoms with E-state index in [1.165, 1.54) is 37.8 Å². The molecule has 0 amide bonds. The quantitative estimate of drug-likeness (QED) is 0.651. The molecule has 1 heterocycles. The van der Waals surface area contributed by atoms with E-state index < -0.39 is 0 Å². The topological polar surface area (TPSA) is 25.8 Å². The molecule has 1 aromatic rings. The molecule has 1 rings (SSSR count). The van der Waals surface area contributed by atoms with Crippen LogP contribution in [0.15, 0.2) is 12.3 Å². The Morgan fingerprint density at radius 1 is 1.12 bits per heavy atom. The van der Waals surface area contributed by atoms with E-state index in [4.69, 9.17) is 0 Å². The molecule has 2 nitrogen and oxygen atoms in total. The summed E-state index contributed by atoms with van der Waals surface area (Å²) in [5, 5.41) is 0. The molecule has 16 heavy (non-hydrogen) atoms. The van der Waals surface area contributed by atoms with E-state index >= 15 is 0 Å². The highest BCUT2D eigenvalue weighted by Gasteiger charge is 1.97. The number of aromatic nitrogens is 2. The summed E-state index contributed by atoms with van der Waals surface area (Å²) in [5.74, 6) is 1.74. The number of hydrogen-bond acceptors (Lipinski definition) is 2. The van der Waals surface area contributed by atoms with E-state index in [2.05, 4.69) is 23.8 Å². The summed E-state index contributed by atoms with van der Waals surface area (Å²) in [6.45, 7) is 6.54. The Kier molecular flexibility index (Phi) is 6.05. The average molecular weight is 220 g/mol. The number of aryl methyl sites for hydroxylation is 2. The smallest absolute Gasteiger partial charge is 0.125 e. The van der Waals surface area contributed by atoms with Crippen LogP contribution < -0.4 is 0 Å². The van der Waals surface area contributed by atoms with E-state index in [1.807, 2.05) is 19.2 Å². The van der Waals surface area contributed by atoms with Crippen LogP contribution in [-0.2, 0) is 6.42 Å². The van der Waals surface area contributed by atoms with Crippen LogP contribution in [0.5, 0.6) is 0 Å². The van der Waals surface area contributed by atoms with Crippen LogP contribution in [-0.4, -0.2) is 9.97 Å². The summed E-state index contributed by atoms with van der Waals surface area (Å²) in [4.78, 5) is 8.51. The Morgan fingerprint density at radius 3 is 2.56 bits per heavy atom. The van der Waals surface area contributed by atoms with Crippen molar-refractivity contribution >= 4 is 0 Å². The van der Waals surface area contributed by atoms with Gasteiger partial charge < -0.3 is 0 Å². The van der Waals surface area contributed by atoms with Crippen molar-refractivity contribution in [1.82, 2.24) is 9.97 Å². The van der Waals surface area contributed by atoms with Crippen LogP contribution in [0.25, 0.3) is 0 Å². The first-order valence-corrected chi connectivity index (χ1v) is 6.47. The standard InChI is InChI=1S/C14H24N2/c1-12(2)8-6-4-5-7-9-14-10-11-15-13(3)16-14/h10-12H,4-9H2,1-3H3. The van der Waals surface area contributed by atoms with Crippen molar-refractivity contribution in [3.05, 3.63) is 23.8 Å². The van der Waals surface area contributed by atoms with Crippen molar-refractivity contribution < 1.29 is 0 Å². The second-order valence-electron chi connectivity index (χ2n) is 4.94. The molecule has 0 saturated heterocycles. The van der Waals surface area contributed by atoms with E-state index in [0.717, 1.165) is 18.2 Å². The maximum absolute atomic E-state index is 4.41. The molecule has 0 spiro atoms. The van der Waals surface area contributed by atoms with Crippen molar-refractivity contribution in [2.24, 2.45) is 5.92 Å². The van der Waals surface area contributed by atoms with Crippen LogP contribution in [0.2, 0.25) is 0 Å². The van der Waals surface area contributed by atoms with Crippen molar-refractivity contribution in [2.45, 2.75) is 59.3 Å². The predicted octanol–water partition coefficient (Wildman–Crippen LogP) is 3.93. The minimum absolute atomic E-state index is 0.851. The monoisotopic (exact) mass is 220 g/mol. The Hall–Kier alpha value is -0.920. The lowest BCUT2D eigenvalue weighted by atomic mass is 10.0. The fourth-order valence-electron chi connectivity index (χ4n) is 1.86. The number of rotatable bonds is 7. The molecule has 0 radical (unpaired) electrons. The molecule has 0 aromatic carbocycles. The molecule has 0 aliphatic heterocycles. The number of hydrogen-bond donors (Lipinski definition) is 0. The Balaban J connectivity index is 2.07. The minimum atomic E-state index is 0.851. The van der Waals surface area contributed by atoms with Gasteiger partial charge in [-0.05, 0) is 31.7 Å². The molecule has 90 valence electrons. The zero-order chi connectivity index (χ0) is 11.8. The van der Waals surface area contributed by atoms with Gasteiger partial charge in [-0.1, -0.05) is 39.5 Å². The molecule has 0 bridgehead atoms. The highest BCUT2D eigenvalue weighted by molar-refractivity contribution is 5.01. The van der Waals surface area contributed by atoms with E-state index in [9.17, 15) is 0 Å². The molecule has 0 aliphatic rings. The van der Waals surface area contributed by atoms with Gasteiger partial charge in [-0.15, -0.1) is 0 Å². The van der Waals surface area contributed by atoms with Crippen LogP contribution in [0, 0.1) is 12.8 Å². The second kappa shape index (κ2) is 7.37. The lowest BCUT2D eigenvalue weighted by molar-refractivity contribution is 0.519. The van der Waals surface area contributed by atoms with Gasteiger partial charge in [0.15, 0.2) is 0 Å². The summed E-state index contributed by atoms with van der Waals surface area (Å²) < 4.78 is 0. The molecule has 0 unspecified atom stereocenters. The highest BCUT2D eigenvalue weighted by atomic mass is 14.9. The van der Waals surface area contributed by atoms with Crippen LogP contribution in [0.1, 0.15) is 57.5 Å². The van der Waals surface area contributed by atoms with Crippen molar-refractivity contribution in [2.75, 3.05) is 0 Å². The van der Waals surface area contributed by atoms with Crippen LogP contribution >= 0.6 is 0 Å². The third-order valence-corrected chi connectivity index (χ3v) is 2.80. The van der Waals surface area contributed by atoms with E-state index in [-0.39, 0.29) is 0 Å². The van der Waals surface area contributed by atoms with Gasteiger partial charge in [0.25, 0.3) is 0 Å². The van der Waals surface area contributed by atoms with Gasteiger partial charge >= 0.3 is 0 Å². The first kappa shape index (κ1) is 13.1. The largest absolute Gasteiger partial charge is 0.242 e. The van der Waals surface area contributed by atoms with Crippen LogP contribution in [0.4, 0.5) is 0 Å². The highest BCUT2D eigenvalue weighted by Crippen LogP contribution is 2.11. The lowest BCUT2D eigenvalue weighted by Crippen LogP contribution is -1.94. The third kappa shape index (κ3) is 5.84. The minimum Gasteiger partial charge on any atom is -0.242 e. The fourth-order valence-corrected chi connectivity index (χ4v) is 1.86. The van der Waals surface area contributed by atoms with Crippen molar-refractivity contribution in [1.29, 1.82) is 0 Å². The third-order valence-electron chi connectivity index (χ3n) is 2.80. The normalized spacial score (nSPS) is 11.0. The van der Waals surface area contributed by atoms with Gasteiger partial charge in [0, 0.05) is 11.9 Å². The maximum atomic E-state index is 4.41. The predicted molar refractivity (Wildman–Crippen MR) is 68.4 cm³/mol. The summed E-state index contributed by atoms with van der Waals surface area (Å²) in [5.41, 5.74) is 1.19. The second-order valence-corrected chi connectivity index (χ2v) is 4.94. The molecule has 0 aliphatic carbocycles. The van der Waals surface area contributed by atoms with Gasteiger partial charge in [-0.3, -0.25) is 0 Å². The van der Waals surface area contributed by atoms with Crippen molar-refractivity contribution in [3.63, 3.8) is 0 Å². The van der Waals surface area contributed by atoms with Gasteiger partial charge in [-0.25, -0.2) is 9.97 Å². The molecule has 0 atom stereocenters. The zero-order valence-electron chi connectivity index (χ0n) is 10.9. The van der Waals surface area contributed by atoms with E-state index in [0.29, 0.717) is 0 Å². The number of nitrogens with zero attached hydrogens (tertiary/aromatic N) is 2. The van der Waals surface area contributed by atoms with Gasteiger partial charge in [0.1, 0.15) is 5.82 Å². The SMILES string of the molecule is Cc1nccc(CCCCCCC(C)C)n1. The first-order chi connectivity index (χ1) is 7.68. The Morgan fingerprint density at radius 2 is 1.88 bits per heavy atom. The Bertz CT molecular complexity index is 295. The number of unbranched alkanes of at least 4 members (excludes halogenated alkanes) is 3. The summed E-state index contributed by atoms with van der Waals surface area (Å²) in [6, 6.07) is 2.03. The fraction of sp³-hybridized carbons (Fsp3) is 0.714. The summed E-state index contributed by atoms with van der Waals surface area (Å²) in [7, 11) is 0.